The molecule has 0 aromatic heterocycles. The van der Waals surface area contributed by atoms with Gasteiger partial charge in [-0.3, -0.25) is 4.79 Å². The SMILES string of the molecule is [B]C([B])C([B])C(=O)OC(C)CC(C)C. The second kappa shape index (κ2) is 6.21. The first-order valence-corrected chi connectivity index (χ1v) is 4.81. The first-order chi connectivity index (χ1) is 6.34. The van der Waals surface area contributed by atoms with Crippen LogP contribution in [0, 0.1) is 5.92 Å². The molecule has 0 saturated carbocycles. The maximum absolute atomic E-state index is 11.3. The zero-order valence-electron chi connectivity index (χ0n) is 9.07. The number of carbonyl (C=O) groups is 1. The number of esters is 1. The summed E-state index contributed by atoms with van der Waals surface area (Å²) in [5.74, 6) is -1.00. The molecule has 5 heteroatoms. The van der Waals surface area contributed by atoms with E-state index in [1.165, 1.54) is 0 Å². The normalized spacial score (nSPS) is 15.5. The molecule has 0 aromatic carbocycles. The maximum atomic E-state index is 11.3. The Morgan fingerprint density at radius 1 is 1.21 bits per heavy atom. The van der Waals surface area contributed by atoms with Gasteiger partial charge in [-0.2, -0.15) is 0 Å². The van der Waals surface area contributed by atoms with Crippen LogP contribution in [0.2, 0.25) is 11.5 Å². The lowest BCUT2D eigenvalue weighted by atomic mass is 9.57. The third-order valence-electron chi connectivity index (χ3n) is 1.81. The van der Waals surface area contributed by atoms with Crippen molar-refractivity contribution in [3.63, 3.8) is 0 Å². The van der Waals surface area contributed by atoms with E-state index in [1.807, 2.05) is 6.92 Å². The molecular formula is C9H15B3O2. The minimum absolute atomic E-state index is 0.146. The van der Waals surface area contributed by atoms with E-state index < -0.39 is 17.5 Å². The summed E-state index contributed by atoms with van der Waals surface area (Å²) in [6, 6.07) is 0. The summed E-state index contributed by atoms with van der Waals surface area (Å²) in [4.78, 5) is 11.3. The van der Waals surface area contributed by atoms with Crippen molar-refractivity contribution in [2.75, 3.05) is 0 Å². The van der Waals surface area contributed by atoms with E-state index in [2.05, 4.69) is 13.8 Å². The Labute approximate surface area is 90.4 Å². The first-order valence-electron chi connectivity index (χ1n) is 4.81. The predicted molar refractivity (Wildman–Crippen MR) is 59.8 cm³/mol. The molecule has 0 aromatic rings. The van der Waals surface area contributed by atoms with E-state index in [0.717, 1.165) is 6.42 Å². The molecule has 2 nitrogen and oxygen atoms in total. The van der Waals surface area contributed by atoms with Crippen molar-refractivity contribution in [1.29, 1.82) is 0 Å². The number of carbonyl (C=O) groups excluding carboxylic acids is 1. The Bertz CT molecular complexity index is 183. The molecule has 2 atom stereocenters. The molecule has 0 amide bonds. The Morgan fingerprint density at radius 3 is 2.07 bits per heavy atom. The molecule has 0 rings (SSSR count). The molecule has 0 fully saturated rings. The van der Waals surface area contributed by atoms with Crippen molar-refractivity contribution in [1.82, 2.24) is 0 Å². The smallest absolute Gasteiger partial charge is 0.299 e. The van der Waals surface area contributed by atoms with Crippen LogP contribution in [0.3, 0.4) is 0 Å². The lowest BCUT2D eigenvalue weighted by Crippen LogP contribution is -2.23. The van der Waals surface area contributed by atoms with E-state index >= 15 is 0 Å². The van der Waals surface area contributed by atoms with Gasteiger partial charge in [0.2, 0.25) is 0 Å². The fraction of sp³-hybridized carbons (Fsp3) is 0.889. The van der Waals surface area contributed by atoms with Gasteiger partial charge in [-0.25, -0.2) is 0 Å². The lowest BCUT2D eigenvalue weighted by molar-refractivity contribution is -0.148. The topological polar surface area (TPSA) is 26.3 Å². The van der Waals surface area contributed by atoms with Gasteiger partial charge in [-0.15, -0.1) is 5.72 Å². The van der Waals surface area contributed by atoms with Gasteiger partial charge in [0.1, 0.15) is 0 Å². The van der Waals surface area contributed by atoms with Gasteiger partial charge in [0.25, 0.3) is 5.97 Å². The van der Waals surface area contributed by atoms with Crippen LogP contribution >= 0.6 is 0 Å². The van der Waals surface area contributed by atoms with Gasteiger partial charge in [-0.05, 0) is 19.3 Å². The van der Waals surface area contributed by atoms with Crippen LogP contribution in [-0.4, -0.2) is 35.6 Å². The quantitative estimate of drug-likeness (QED) is 0.474. The maximum Gasteiger partial charge on any atom is 0.299 e. The van der Waals surface area contributed by atoms with Gasteiger partial charge >= 0.3 is 0 Å². The van der Waals surface area contributed by atoms with E-state index in [9.17, 15) is 4.79 Å². The minimum Gasteiger partial charge on any atom is -0.463 e. The molecule has 0 aliphatic rings. The summed E-state index contributed by atoms with van der Waals surface area (Å²) in [7, 11) is 15.9. The summed E-state index contributed by atoms with van der Waals surface area (Å²) in [5.41, 5.74) is -0.867. The fourth-order valence-corrected chi connectivity index (χ4v) is 1.15. The summed E-state index contributed by atoms with van der Waals surface area (Å²) in [6.45, 7) is 5.94. The zero-order chi connectivity index (χ0) is 11.3. The highest BCUT2D eigenvalue weighted by Crippen LogP contribution is 2.17. The number of ether oxygens (including phenoxy) is 1. The Balaban J connectivity index is 3.93. The highest BCUT2D eigenvalue weighted by atomic mass is 16.5. The van der Waals surface area contributed by atoms with Crippen LogP contribution in [0.1, 0.15) is 27.2 Å². The molecule has 0 saturated heterocycles. The molecule has 0 spiro atoms. The number of hydrogen-bond acceptors (Lipinski definition) is 2. The average molecular weight is 188 g/mol. The fourth-order valence-electron chi connectivity index (χ4n) is 1.15. The third-order valence-corrected chi connectivity index (χ3v) is 1.81. The molecule has 2 unspecified atom stereocenters. The molecular weight excluding hydrogens is 173 g/mol. The molecule has 0 aliphatic carbocycles. The van der Waals surface area contributed by atoms with Gasteiger partial charge in [0.15, 0.2) is 0 Å². The lowest BCUT2D eigenvalue weighted by Gasteiger charge is -2.20. The molecule has 14 heavy (non-hydrogen) atoms. The Kier molecular flexibility index (Phi) is 6.06. The summed E-state index contributed by atoms with van der Waals surface area (Å²) < 4.78 is 5.06. The van der Waals surface area contributed by atoms with Gasteiger partial charge in [0.05, 0.1) is 29.6 Å². The molecule has 0 bridgehead atoms. The van der Waals surface area contributed by atoms with E-state index in [-0.39, 0.29) is 6.10 Å². The van der Waals surface area contributed by atoms with Crippen LogP contribution in [0.15, 0.2) is 0 Å². The van der Waals surface area contributed by atoms with Crippen molar-refractivity contribution in [3.8, 4) is 0 Å². The average Bonchev–Trinajstić information content (AvgIpc) is 2.00. The van der Waals surface area contributed by atoms with Crippen molar-refractivity contribution < 1.29 is 9.53 Å². The third kappa shape index (κ3) is 5.41. The van der Waals surface area contributed by atoms with Crippen LogP contribution in [0.5, 0.6) is 0 Å². The second-order valence-electron chi connectivity index (χ2n) is 3.98. The summed E-state index contributed by atoms with van der Waals surface area (Å²) in [5, 5.41) is 0. The second-order valence-corrected chi connectivity index (χ2v) is 3.98. The van der Waals surface area contributed by atoms with E-state index in [4.69, 9.17) is 28.3 Å². The highest BCUT2D eigenvalue weighted by Gasteiger charge is 2.19. The van der Waals surface area contributed by atoms with Gasteiger partial charge < -0.3 is 4.74 Å². The van der Waals surface area contributed by atoms with E-state index in [1.54, 1.807) is 0 Å². The Hall–Kier alpha value is -0.335. The van der Waals surface area contributed by atoms with Crippen molar-refractivity contribution in [2.24, 2.45) is 5.92 Å². The van der Waals surface area contributed by atoms with Crippen molar-refractivity contribution in [2.45, 2.75) is 44.8 Å². The molecule has 0 aliphatic heterocycles. The van der Waals surface area contributed by atoms with Crippen LogP contribution in [-0.2, 0) is 9.53 Å². The van der Waals surface area contributed by atoms with Crippen LogP contribution < -0.4 is 0 Å². The number of hydrogen-bond donors (Lipinski definition) is 0. The van der Waals surface area contributed by atoms with Crippen molar-refractivity contribution >= 4 is 29.5 Å². The van der Waals surface area contributed by atoms with Crippen LogP contribution in [0.25, 0.3) is 0 Å². The molecule has 6 radical (unpaired) electrons. The van der Waals surface area contributed by atoms with Crippen molar-refractivity contribution in [3.05, 3.63) is 0 Å². The summed E-state index contributed by atoms with van der Waals surface area (Å²) in [6.07, 6.45) is 0.658. The van der Waals surface area contributed by atoms with Crippen LogP contribution in [0.4, 0.5) is 0 Å². The summed E-state index contributed by atoms with van der Waals surface area (Å²) >= 11 is 0. The van der Waals surface area contributed by atoms with E-state index in [0.29, 0.717) is 5.92 Å². The molecule has 0 heterocycles. The predicted octanol–water partition coefficient (Wildman–Crippen LogP) is 1.00. The Morgan fingerprint density at radius 2 is 1.71 bits per heavy atom. The standard InChI is InChI=1S/C9H15B3O2/c1-5(2)4-6(3)14-9(13)7(10)8(11)12/h5-8H,4H2,1-3H3. The minimum atomic E-state index is -0.940. The largest absolute Gasteiger partial charge is 0.463 e. The van der Waals surface area contributed by atoms with Gasteiger partial charge in [0, 0.05) is 5.82 Å². The molecule has 0 N–H and O–H groups in total. The number of rotatable bonds is 5. The zero-order valence-corrected chi connectivity index (χ0v) is 9.07. The monoisotopic (exact) mass is 188 g/mol. The van der Waals surface area contributed by atoms with Gasteiger partial charge in [-0.1, -0.05) is 13.8 Å². The highest BCUT2D eigenvalue weighted by molar-refractivity contribution is 6.43. The first kappa shape index (κ1) is 13.7. The molecule has 72 valence electrons.